The number of amides is 1. The van der Waals surface area contributed by atoms with E-state index in [-0.39, 0.29) is 31.3 Å². The van der Waals surface area contributed by atoms with E-state index in [1.807, 2.05) is 32.2 Å². The van der Waals surface area contributed by atoms with Gasteiger partial charge in [-0.1, -0.05) is 23.7 Å². The number of carbonyl (C=O) groups excluding carboxylic acids is 1. The van der Waals surface area contributed by atoms with Crippen LogP contribution in [-0.2, 0) is 29.7 Å². The Morgan fingerprint density at radius 3 is 2.69 bits per heavy atom. The van der Waals surface area contributed by atoms with E-state index >= 15 is 0 Å². The molecule has 0 unspecified atom stereocenters. The summed E-state index contributed by atoms with van der Waals surface area (Å²) in [6.45, 7) is 5.14. The summed E-state index contributed by atoms with van der Waals surface area (Å²) >= 11 is 6.48. The smallest absolute Gasteiger partial charge is 0.254 e. The molecular weight excluding hydrogens is 525 g/mol. The fourth-order valence-electron chi connectivity index (χ4n) is 4.35. The van der Waals surface area contributed by atoms with Crippen LogP contribution in [0.25, 0.3) is 22.3 Å². The van der Waals surface area contributed by atoms with Crippen molar-refractivity contribution >= 4 is 28.4 Å². The molecule has 39 heavy (non-hydrogen) atoms. The van der Waals surface area contributed by atoms with E-state index in [0.29, 0.717) is 28.2 Å². The van der Waals surface area contributed by atoms with Crippen molar-refractivity contribution < 1.29 is 23.8 Å². The molecule has 9 nitrogen and oxygen atoms in total. The van der Waals surface area contributed by atoms with Gasteiger partial charge in [0.25, 0.3) is 5.91 Å². The number of aryl methyl sites for hydroxylation is 2. The normalized spacial score (nSPS) is 11.7. The van der Waals surface area contributed by atoms with Crippen molar-refractivity contribution in [1.29, 1.82) is 0 Å². The fourth-order valence-corrected chi connectivity index (χ4v) is 4.63. The lowest BCUT2D eigenvalue weighted by molar-refractivity contribution is -0.149. The second kappa shape index (κ2) is 11.6. The Hall–Kier alpha value is -3.60. The number of methoxy groups -OCH3 is 1. The molecule has 1 N–H and O–H groups in total. The van der Waals surface area contributed by atoms with E-state index in [4.69, 9.17) is 26.1 Å². The van der Waals surface area contributed by atoms with Gasteiger partial charge in [0.15, 0.2) is 5.82 Å². The van der Waals surface area contributed by atoms with Crippen LogP contribution in [0.4, 0.5) is 4.39 Å². The molecule has 0 spiro atoms. The zero-order valence-corrected chi connectivity index (χ0v) is 23.3. The number of para-hydroxylation sites is 1. The van der Waals surface area contributed by atoms with Gasteiger partial charge in [0.2, 0.25) is 0 Å². The van der Waals surface area contributed by atoms with Gasteiger partial charge in [-0.2, -0.15) is 5.10 Å². The van der Waals surface area contributed by atoms with Gasteiger partial charge in [-0.3, -0.25) is 4.79 Å². The van der Waals surface area contributed by atoms with Gasteiger partial charge in [-0.25, -0.2) is 19.0 Å². The summed E-state index contributed by atoms with van der Waals surface area (Å²) in [6.07, 6.45) is 1.49. The Balaban J connectivity index is 1.69. The maximum atomic E-state index is 14.4. The highest BCUT2D eigenvalue weighted by Crippen LogP contribution is 2.33. The highest BCUT2D eigenvalue weighted by Gasteiger charge is 2.30. The van der Waals surface area contributed by atoms with E-state index in [0.717, 1.165) is 16.6 Å². The van der Waals surface area contributed by atoms with Gasteiger partial charge in [-0.05, 0) is 50.6 Å². The largest absolute Gasteiger partial charge is 0.487 e. The third kappa shape index (κ3) is 6.35. The van der Waals surface area contributed by atoms with Gasteiger partial charge in [0.1, 0.15) is 35.6 Å². The minimum Gasteiger partial charge on any atom is -0.487 e. The van der Waals surface area contributed by atoms with E-state index in [1.165, 1.54) is 44.3 Å². The molecule has 11 heteroatoms. The molecule has 206 valence electrons. The number of nitrogens with zero attached hydrogens (tertiary/aromatic N) is 5. The molecule has 0 atom stereocenters. The third-order valence-electron chi connectivity index (χ3n) is 6.24. The van der Waals surface area contributed by atoms with Crippen molar-refractivity contribution in [2.75, 3.05) is 20.3 Å². The fraction of sp³-hybridized carbons (Fsp3) is 0.357. The molecule has 0 radical (unpaired) electrons. The molecular formula is C28H31ClFN5O4. The number of benzene rings is 2. The average molecular weight is 556 g/mol. The molecule has 0 bridgehead atoms. The van der Waals surface area contributed by atoms with Crippen molar-refractivity contribution in [3.8, 4) is 17.1 Å². The van der Waals surface area contributed by atoms with Crippen LogP contribution >= 0.6 is 11.6 Å². The summed E-state index contributed by atoms with van der Waals surface area (Å²) in [5, 5.41) is 15.5. The number of fused-ring (bicyclic) bond motifs is 1. The first-order valence-corrected chi connectivity index (χ1v) is 12.7. The van der Waals surface area contributed by atoms with Crippen LogP contribution in [0, 0.1) is 12.7 Å². The van der Waals surface area contributed by atoms with Crippen LogP contribution in [0.3, 0.4) is 0 Å². The molecule has 0 saturated heterocycles. The van der Waals surface area contributed by atoms with Gasteiger partial charge in [-0.15, -0.1) is 0 Å². The van der Waals surface area contributed by atoms with Crippen LogP contribution in [0.1, 0.15) is 30.7 Å². The van der Waals surface area contributed by atoms with E-state index < -0.39 is 17.3 Å². The van der Waals surface area contributed by atoms with Gasteiger partial charge in [0, 0.05) is 49.5 Å². The first kappa shape index (κ1) is 28.4. The van der Waals surface area contributed by atoms with E-state index in [1.54, 1.807) is 10.7 Å². The van der Waals surface area contributed by atoms with Gasteiger partial charge < -0.3 is 19.5 Å². The number of aliphatic hydroxyl groups is 1. The lowest BCUT2D eigenvalue weighted by atomic mass is 10.0. The maximum absolute atomic E-state index is 14.4. The number of rotatable bonds is 10. The van der Waals surface area contributed by atoms with Crippen molar-refractivity contribution in [3.05, 3.63) is 70.4 Å². The van der Waals surface area contributed by atoms with Crippen molar-refractivity contribution in [2.24, 2.45) is 7.05 Å². The quantitative estimate of drug-likeness (QED) is 0.308. The van der Waals surface area contributed by atoms with E-state index in [9.17, 15) is 14.3 Å². The lowest BCUT2D eigenvalue weighted by Crippen LogP contribution is -2.46. The summed E-state index contributed by atoms with van der Waals surface area (Å²) in [7, 11) is 3.34. The van der Waals surface area contributed by atoms with Crippen molar-refractivity contribution in [3.63, 3.8) is 0 Å². The van der Waals surface area contributed by atoms with Crippen molar-refractivity contribution in [1.82, 2.24) is 24.6 Å². The second-order valence-corrected chi connectivity index (χ2v) is 10.2. The Kier molecular flexibility index (Phi) is 8.48. The number of halogens is 2. The minimum absolute atomic E-state index is 0.00268. The third-order valence-corrected chi connectivity index (χ3v) is 6.58. The maximum Gasteiger partial charge on any atom is 0.254 e. The molecule has 0 aliphatic carbocycles. The molecule has 2 aromatic heterocycles. The highest BCUT2D eigenvalue weighted by molar-refractivity contribution is 6.31. The highest BCUT2D eigenvalue weighted by atomic mass is 35.5. The zero-order chi connectivity index (χ0) is 28.3. The van der Waals surface area contributed by atoms with Crippen LogP contribution < -0.4 is 4.74 Å². The number of hydrogen-bond donors (Lipinski definition) is 1. The topological polar surface area (TPSA) is 103 Å². The summed E-state index contributed by atoms with van der Waals surface area (Å²) in [5.41, 5.74) is 1.63. The molecule has 0 aliphatic rings. The zero-order valence-electron chi connectivity index (χ0n) is 22.5. The molecule has 0 saturated carbocycles. The minimum atomic E-state index is -1.62. The van der Waals surface area contributed by atoms with Crippen LogP contribution in [-0.4, -0.2) is 61.5 Å². The van der Waals surface area contributed by atoms with Gasteiger partial charge >= 0.3 is 0 Å². The summed E-state index contributed by atoms with van der Waals surface area (Å²) in [4.78, 5) is 23.4. The lowest BCUT2D eigenvalue weighted by Gasteiger charge is -2.29. The molecule has 2 aromatic carbocycles. The van der Waals surface area contributed by atoms with Crippen molar-refractivity contribution in [2.45, 2.75) is 39.5 Å². The molecule has 4 rings (SSSR count). The predicted octanol–water partition coefficient (Wildman–Crippen LogP) is 4.46. The number of carbonyl (C=O) groups is 1. The predicted molar refractivity (Wildman–Crippen MR) is 146 cm³/mol. The van der Waals surface area contributed by atoms with Crippen LogP contribution in [0.2, 0.25) is 5.02 Å². The molecule has 2 heterocycles. The molecule has 0 fully saturated rings. The van der Waals surface area contributed by atoms with Gasteiger partial charge in [0.05, 0.1) is 11.6 Å². The number of ether oxygens (including phenoxy) is 2. The Bertz CT molecular complexity index is 1500. The number of hydrogen-bond acceptors (Lipinski definition) is 7. The SMILES string of the molecule is COCCN(Cc1cc(F)cc(Cl)c1COc1cccc2c(-c3ncnn3C)cc(C)nc12)C(=O)C(C)(C)O. The Labute approximate surface area is 231 Å². The molecule has 4 aromatic rings. The monoisotopic (exact) mass is 555 g/mol. The number of aromatic nitrogens is 4. The Morgan fingerprint density at radius 1 is 1.26 bits per heavy atom. The summed E-state index contributed by atoms with van der Waals surface area (Å²) in [5.74, 6) is 0.141. The van der Waals surface area contributed by atoms with Crippen LogP contribution in [0.5, 0.6) is 5.75 Å². The second-order valence-electron chi connectivity index (χ2n) is 9.76. The molecule has 1 amide bonds. The summed E-state index contributed by atoms with van der Waals surface area (Å²) < 4.78 is 27.5. The van der Waals surface area contributed by atoms with E-state index in [2.05, 4.69) is 10.1 Å². The first-order chi connectivity index (χ1) is 18.5. The molecule has 0 aliphatic heterocycles. The summed E-state index contributed by atoms with van der Waals surface area (Å²) in [6, 6.07) is 10.1. The first-order valence-electron chi connectivity index (χ1n) is 12.3. The average Bonchev–Trinajstić information content (AvgIpc) is 3.30. The number of pyridine rings is 1. The standard InChI is InChI=1S/C28H31ClFN5O4/c1-17-11-21(26-31-16-32-34(26)4)20-7-6-8-24(25(20)33-17)39-15-22-18(12-19(30)13-23(22)29)14-35(9-10-38-5)27(36)28(2,3)37/h6-8,11-13,16,37H,9-10,14-15H2,1-5H3. The Morgan fingerprint density at radius 2 is 2.03 bits per heavy atom. The van der Waals surface area contributed by atoms with Crippen LogP contribution in [0.15, 0.2) is 42.7 Å².